The van der Waals surface area contributed by atoms with Crippen molar-refractivity contribution in [1.82, 2.24) is 14.8 Å². The summed E-state index contributed by atoms with van der Waals surface area (Å²) in [6, 6.07) is 10.8. The number of nitrogen functional groups attached to an aromatic ring is 1. The SMILES string of the molecule is COC(=O)c1ccc(N)c(-n2ncc3ccccc32)n1. The van der Waals surface area contributed by atoms with Crippen molar-refractivity contribution in [2.45, 2.75) is 0 Å². The summed E-state index contributed by atoms with van der Waals surface area (Å²) in [5.41, 5.74) is 7.43. The minimum Gasteiger partial charge on any atom is -0.464 e. The molecule has 0 aliphatic rings. The zero-order valence-electron chi connectivity index (χ0n) is 10.8. The van der Waals surface area contributed by atoms with E-state index in [0.717, 1.165) is 10.9 Å². The molecule has 0 radical (unpaired) electrons. The Kier molecular flexibility index (Phi) is 2.83. The van der Waals surface area contributed by atoms with Crippen LogP contribution in [0.1, 0.15) is 10.5 Å². The molecule has 0 unspecified atom stereocenters. The highest BCUT2D eigenvalue weighted by Crippen LogP contribution is 2.21. The monoisotopic (exact) mass is 268 g/mol. The highest BCUT2D eigenvalue weighted by molar-refractivity contribution is 5.88. The first-order valence-electron chi connectivity index (χ1n) is 5.98. The fourth-order valence-electron chi connectivity index (χ4n) is 1.99. The smallest absolute Gasteiger partial charge is 0.356 e. The Bertz CT molecular complexity index is 795. The second kappa shape index (κ2) is 4.65. The minimum atomic E-state index is -0.511. The first kappa shape index (κ1) is 12.2. The van der Waals surface area contributed by atoms with E-state index in [-0.39, 0.29) is 5.69 Å². The number of carbonyl (C=O) groups is 1. The molecule has 3 aromatic rings. The van der Waals surface area contributed by atoms with Gasteiger partial charge in [-0.1, -0.05) is 18.2 Å². The number of nitrogens with two attached hydrogens (primary N) is 1. The molecule has 0 saturated heterocycles. The van der Waals surface area contributed by atoms with Gasteiger partial charge < -0.3 is 10.5 Å². The lowest BCUT2D eigenvalue weighted by molar-refractivity contribution is 0.0594. The summed E-state index contributed by atoms with van der Waals surface area (Å²) < 4.78 is 6.27. The molecular weight excluding hydrogens is 256 g/mol. The van der Waals surface area contributed by atoms with Crippen LogP contribution < -0.4 is 5.73 Å². The standard InChI is InChI=1S/C14H12N4O2/c1-20-14(19)11-7-6-10(15)13(17-11)18-12-5-3-2-4-9(12)8-16-18/h2-8H,15H2,1H3. The normalized spacial score (nSPS) is 10.7. The number of methoxy groups -OCH3 is 1. The lowest BCUT2D eigenvalue weighted by Gasteiger charge is -2.07. The molecule has 0 spiro atoms. The number of fused-ring (bicyclic) bond motifs is 1. The number of anilines is 1. The average molecular weight is 268 g/mol. The molecule has 0 aliphatic heterocycles. The molecule has 1 aromatic carbocycles. The van der Waals surface area contributed by atoms with E-state index in [1.807, 2.05) is 24.3 Å². The Morgan fingerprint density at radius 2 is 2.05 bits per heavy atom. The zero-order chi connectivity index (χ0) is 14.1. The van der Waals surface area contributed by atoms with Gasteiger partial charge in [0.15, 0.2) is 11.5 Å². The minimum absolute atomic E-state index is 0.191. The molecule has 0 aliphatic carbocycles. The third kappa shape index (κ3) is 1.87. The van der Waals surface area contributed by atoms with E-state index in [9.17, 15) is 4.79 Å². The molecule has 20 heavy (non-hydrogen) atoms. The van der Waals surface area contributed by atoms with Crippen LogP contribution in [0.5, 0.6) is 0 Å². The molecule has 0 atom stereocenters. The predicted molar refractivity (Wildman–Crippen MR) is 74.6 cm³/mol. The van der Waals surface area contributed by atoms with Gasteiger partial charge in [0, 0.05) is 5.39 Å². The van der Waals surface area contributed by atoms with Gasteiger partial charge in [-0.2, -0.15) is 5.10 Å². The van der Waals surface area contributed by atoms with Crippen molar-refractivity contribution in [3.63, 3.8) is 0 Å². The lowest BCUT2D eigenvalue weighted by atomic mass is 10.2. The number of para-hydroxylation sites is 1. The number of nitrogens with zero attached hydrogens (tertiary/aromatic N) is 3. The highest BCUT2D eigenvalue weighted by atomic mass is 16.5. The van der Waals surface area contributed by atoms with Crippen LogP contribution >= 0.6 is 0 Å². The molecule has 2 aromatic heterocycles. The lowest BCUT2D eigenvalue weighted by Crippen LogP contribution is -2.10. The second-order valence-electron chi connectivity index (χ2n) is 4.22. The van der Waals surface area contributed by atoms with Crippen molar-refractivity contribution in [2.24, 2.45) is 0 Å². The van der Waals surface area contributed by atoms with Crippen LogP contribution in [-0.4, -0.2) is 27.8 Å². The van der Waals surface area contributed by atoms with Gasteiger partial charge in [-0.3, -0.25) is 0 Å². The number of benzene rings is 1. The molecule has 2 N–H and O–H groups in total. The first-order chi connectivity index (χ1) is 9.70. The fraction of sp³-hybridized carbons (Fsp3) is 0.0714. The molecule has 0 bridgehead atoms. The van der Waals surface area contributed by atoms with E-state index in [0.29, 0.717) is 11.5 Å². The molecule has 0 fully saturated rings. The maximum atomic E-state index is 11.6. The number of ether oxygens (including phenoxy) is 1. The largest absolute Gasteiger partial charge is 0.464 e. The summed E-state index contributed by atoms with van der Waals surface area (Å²) in [7, 11) is 1.31. The number of rotatable bonds is 2. The topological polar surface area (TPSA) is 83.0 Å². The van der Waals surface area contributed by atoms with E-state index in [2.05, 4.69) is 14.8 Å². The highest BCUT2D eigenvalue weighted by Gasteiger charge is 2.13. The molecule has 100 valence electrons. The maximum absolute atomic E-state index is 11.6. The van der Waals surface area contributed by atoms with E-state index in [1.165, 1.54) is 13.2 Å². The molecule has 3 rings (SSSR count). The Hall–Kier alpha value is -2.89. The number of carbonyl (C=O) groups excluding carboxylic acids is 1. The molecule has 0 amide bonds. The summed E-state index contributed by atoms with van der Waals surface area (Å²) in [4.78, 5) is 15.8. The van der Waals surface area contributed by atoms with Crippen molar-refractivity contribution in [3.8, 4) is 5.82 Å². The van der Waals surface area contributed by atoms with Gasteiger partial charge in [0.1, 0.15) is 0 Å². The Labute approximate surface area is 114 Å². The van der Waals surface area contributed by atoms with E-state index >= 15 is 0 Å². The number of hydrogen-bond donors (Lipinski definition) is 1. The average Bonchev–Trinajstić information content (AvgIpc) is 2.91. The number of pyridine rings is 1. The Balaban J connectivity index is 2.21. The van der Waals surface area contributed by atoms with Crippen LogP contribution in [0.3, 0.4) is 0 Å². The summed E-state index contributed by atoms with van der Waals surface area (Å²) in [5.74, 6) is -0.100. The van der Waals surface area contributed by atoms with Crippen LogP contribution in [0.2, 0.25) is 0 Å². The van der Waals surface area contributed by atoms with Gasteiger partial charge in [-0.05, 0) is 18.2 Å². The molecule has 2 heterocycles. The zero-order valence-corrected chi connectivity index (χ0v) is 10.8. The van der Waals surface area contributed by atoms with Crippen molar-refractivity contribution in [2.75, 3.05) is 12.8 Å². The quantitative estimate of drug-likeness (QED) is 0.716. The third-order valence-corrected chi connectivity index (χ3v) is 2.98. The van der Waals surface area contributed by atoms with Crippen LogP contribution in [-0.2, 0) is 4.74 Å². The number of aromatic nitrogens is 3. The predicted octanol–water partition coefficient (Wildman–Crippen LogP) is 1.79. The first-order valence-corrected chi connectivity index (χ1v) is 5.98. The Morgan fingerprint density at radius 1 is 1.25 bits per heavy atom. The summed E-state index contributed by atoms with van der Waals surface area (Å²) in [5, 5.41) is 5.24. The molecule has 6 heteroatoms. The third-order valence-electron chi connectivity index (χ3n) is 2.98. The molecule has 0 saturated carbocycles. The fourth-order valence-corrected chi connectivity index (χ4v) is 1.99. The van der Waals surface area contributed by atoms with Gasteiger partial charge in [0.25, 0.3) is 0 Å². The van der Waals surface area contributed by atoms with E-state index in [4.69, 9.17) is 5.73 Å². The van der Waals surface area contributed by atoms with Crippen LogP contribution in [0.4, 0.5) is 5.69 Å². The van der Waals surface area contributed by atoms with Crippen LogP contribution in [0, 0.1) is 0 Å². The Morgan fingerprint density at radius 3 is 2.85 bits per heavy atom. The van der Waals surface area contributed by atoms with Crippen molar-refractivity contribution in [3.05, 3.63) is 48.3 Å². The number of esters is 1. The van der Waals surface area contributed by atoms with Crippen LogP contribution in [0.15, 0.2) is 42.6 Å². The maximum Gasteiger partial charge on any atom is 0.356 e. The van der Waals surface area contributed by atoms with Crippen molar-refractivity contribution in [1.29, 1.82) is 0 Å². The van der Waals surface area contributed by atoms with Crippen molar-refractivity contribution < 1.29 is 9.53 Å². The van der Waals surface area contributed by atoms with Crippen LogP contribution in [0.25, 0.3) is 16.7 Å². The van der Waals surface area contributed by atoms with Crippen molar-refractivity contribution >= 4 is 22.6 Å². The van der Waals surface area contributed by atoms with E-state index in [1.54, 1.807) is 16.9 Å². The summed E-state index contributed by atoms with van der Waals surface area (Å²) in [6.07, 6.45) is 1.72. The van der Waals surface area contributed by atoms with Gasteiger partial charge in [-0.25, -0.2) is 14.5 Å². The second-order valence-corrected chi connectivity index (χ2v) is 4.22. The van der Waals surface area contributed by atoms with Gasteiger partial charge in [-0.15, -0.1) is 0 Å². The summed E-state index contributed by atoms with van der Waals surface area (Å²) in [6.45, 7) is 0. The molecular formula is C14H12N4O2. The molecule has 6 nitrogen and oxygen atoms in total. The van der Waals surface area contributed by atoms with Gasteiger partial charge in [0.05, 0.1) is 24.5 Å². The van der Waals surface area contributed by atoms with Gasteiger partial charge >= 0.3 is 5.97 Å². The number of hydrogen-bond acceptors (Lipinski definition) is 5. The van der Waals surface area contributed by atoms with Gasteiger partial charge in [0.2, 0.25) is 0 Å². The van der Waals surface area contributed by atoms with E-state index < -0.39 is 5.97 Å². The summed E-state index contributed by atoms with van der Waals surface area (Å²) >= 11 is 0.